The fraction of sp³-hybridized carbons (Fsp3) is 0.438. The van der Waals surface area contributed by atoms with Crippen molar-refractivity contribution in [1.29, 1.82) is 0 Å². The summed E-state index contributed by atoms with van der Waals surface area (Å²) in [5, 5.41) is 0. The summed E-state index contributed by atoms with van der Waals surface area (Å²) in [6, 6.07) is 5.98. The second-order valence-corrected chi connectivity index (χ2v) is 5.09. The Hall–Kier alpha value is -1.57. The number of carbonyl (C=O) groups is 1. The molecule has 1 aliphatic heterocycles. The molecule has 1 aliphatic rings. The Morgan fingerprint density at radius 1 is 1.17 bits per heavy atom. The third-order valence-electron chi connectivity index (χ3n) is 3.47. The maximum absolute atomic E-state index is 12.1. The molecule has 0 bridgehead atoms. The van der Waals surface area contributed by atoms with Crippen LogP contribution in [0.2, 0.25) is 0 Å². The van der Waals surface area contributed by atoms with Crippen molar-refractivity contribution in [2.45, 2.75) is 33.1 Å². The first kappa shape index (κ1) is 12.9. The van der Waals surface area contributed by atoms with Crippen LogP contribution in [-0.4, -0.2) is 23.8 Å². The Labute approximate surface area is 109 Å². The zero-order chi connectivity index (χ0) is 13.0. The number of aryl methyl sites for hydroxylation is 2. The van der Waals surface area contributed by atoms with E-state index >= 15 is 0 Å². The number of carbonyl (C=O) groups excluding carboxylic acids is 1. The number of allylic oxidation sites excluding steroid dienone is 1. The SMILES string of the molecule is Cc1ccc(C(=O)/C=C/N2CCCCC2)c(C)c1. The molecule has 1 aromatic carbocycles. The van der Waals surface area contributed by atoms with Gasteiger partial charge in [-0.1, -0.05) is 23.8 Å². The van der Waals surface area contributed by atoms with E-state index in [0.717, 1.165) is 24.2 Å². The fourth-order valence-electron chi connectivity index (χ4n) is 2.42. The van der Waals surface area contributed by atoms with E-state index in [4.69, 9.17) is 0 Å². The lowest BCUT2D eigenvalue weighted by atomic mass is 10.0. The van der Waals surface area contributed by atoms with Crippen LogP contribution >= 0.6 is 0 Å². The lowest BCUT2D eigenvalue weighted by Crippen LogP contribution is -2.24. The predicted octanol–water partition coefficient (Wildman–Crippen LogP) is 3.49. The Balaban J connectivity index is 2.04. The zero-order valence-electron chi connectivity index (χ0n) is 11.3. The van der Waals surface area contributed by atoms with Crippen molar-refractivity contribution in [3.05, 3.63) is 47.2 Å². The quantitative estimate of drug-likeness (QED) is 0.598. The number of benzene rings is 1. The van der Waals surface area contributed by atoms with E-state index in [1.807, 2.05) is 32.2 Å². The van der Waals surface area contributed by atoms with E-state index in [0.29, 0.717) is 0 Å². The van der Waals surface area contributed by atoms with Crippen molar-refractivity contribution >= 4 is 5.78 Å². The number of hydrogen-bond donors (Lipinski definition) is 0. The maximum Gasteiger partial charge on any atom is 0.187 e. The second-order valence-electron chi connectivity index (χ2n) is 5.09. The molecule has 1 fully saturated rings. The molecule has 2 nitrogen and oxygen atoms in total. The molecule has 0 radical (unpaired) electrons. The minimum Gasteiger partial charge on any atom is -0.377 e. The highest BCUT2D eigenvalue weighted by Crippen LogP contribution is 2.13. The zero-order valence-corrected chi connectivity index (χ0v) is 11.3. The minimum absolute atomic E-state index is 0.109. The number of nitrogens with zero attached hydrogens (tertiary/aromatic N) is 1. The molecular weight excluding hydrogens is 222 g/mol. The summed E-state index contributed by atoms with van der Waals surface area (Å²) in [4.78, 5) is 14.3. The number of hydrogen-bond acceptors (Lipinski definition) is 2. The van der Waals surface area contributed by atoms with Gasteiger partial charge in [0.2, 0.25) is 0 Å². The second kappa shape index (κ2) is 5.85. The summed E-state index contributed by atoms with van der Waals surface area (Å²) in [5.74, 6) is 0.109. The molecule has 0 saturated carbocycles. The monoisotopic (exact) mass is 243 g/mol. The van der Waals surface area contributed by atoms with Gasteiger partial charge >= 0.3 is 0 Å². The first-order valence-corrected chi connectivity index (χ1v) is 6.70. The Morgan fingerprint density at radius 2 is 1.89 bits per heavy atom. The van der Waals surface area contributed by atoms with Gasteiger partial charge in [-0.25, -0.2) is 0 Å². The van der Waals surface area contributed by atoms with Crippen LogP contribution in [0.25, 0.3) is 0 Å². The molecular formula is C16H21NO. The summed E-state index contributed by atoms with van der Waals surface area (Å²) < 4.78 is 0. The van der Waals surface area contributed by atoms with E-state index in [1.54, 1.807) is 6.08 Å². The normalized spacial score (nSPS) is 16.2. The van der Waals surface area contributed by atoms with Gasteiger partial charge in [-0.05, 0) is 38.7 Å². The van der Waals surface area contributed by atoms with Crippen molar-refractivity contribution in [3.63, 3.8) is 0 Å². The minimum atomic E-state index is 0.109. The molecule has 18 heavy (non-hydrogen) atoms. The van der Waals surface area contributed by atoms with Crippen molar-refractivity contribution < 1.29 is 4.79 Å². The van der Waals surface area contributed by atoms with Gasteiger partial charge in [0.05, 0.1) is 0 Å². The summed E-state index contributed by atoms with van der Waals surface area (Å²) in [6.45, 7) is 6.20. The molecule has 1 heterocycles. The molecule has 0 spiro atoms. The summed E-state index contributed by atoms with van der Waals surface area (Å²) >= 11 is 0. The third-order valence-corrected chi connectivity index (χ3v) is 3.47. The lowest BCUT2D eigenvalue weighted by Gasteiger charge is -2.24. The molecule has 0 amide bonds. The number of ketones is 1. The molecule has 2 heteroatoms. The van der Waals surface area contributed by atoms with E-state index < -0.39 is 0 Å². The van der Waals surface area contributed by atoms with Crippen LogP contribution in [-0.2, 0) is 0 Å². The van der Waals surface area contributed by atoms with Gasteiger partial charge in [0, 0.05) is 30.9 Å². The smallest absolute Gasteiger partial charge is 0.187 e. The molecule has 0 N–H and O–H groups in total. The van der Waals surface area contributed by atoms with Gasteiger partial charge in [0.1, 0.15) is 0 Å². The van der Waals surface area contributed by atoms with Gasteiger partial charge in [-0.15, -0.1) is 0 Å². The topological polar surface area (TPSA) is 20.3 Å². The van der Waals surface area contributed by atoms with Crippen LogP contribution < -0.4 is 0 Å². The van der Waals surface area contributed by atoms with Crippen LogP contribution in [0.15, 0.2) is 30.5 Å². The average molecular weight is 243 g/mol. The van der Waals surface area contributed by atoms with E-state index in [2.05, 4.69) is 11.0 Å². The van der Waals surface area contributed by atoms with E-state index in [-0.39, 0.29) is 5.78 Å². The molecule has 2 rings (SSSR count). The van der Waals surface area contributed by atoms with E-state index in [9.17, 15) is 4.79 Å². The Bertz CT molecular complexity index is 456. The predicted molar refractivity (Wildman–Crippen MR) is 74.8 cm³/mol. The molecule has 1 saturated heterocycles. The van der Waals surface area contributed by atoms with Gasteiger partial charge in [0.25, 0.3) is 0 Å². The van der Waals surface area contributed by atoms with Crippen LogP contribution in [0, 0.1) is 13.8 Å². The molecule has 96 valence electrons. The largest absolute Gasteiger partial charge is 0.377 e. The Kier molecular flexibility index (Phi) is 4.19. The maximum atomic E-state index is 12.1. The molecule has 0 unspecified atom stereocenters. The van der Waals surface area contributed by atoms with Gasteiger partial charge in [-0.2, -0.15) is 0 Å². The van der Waals surface area contributed by atoms with Gasteiger partial charge < -0.3 is 4.90 Å². The van der Waals surface area contributed by atoms with Gasteiger partial charge in [-0.3, -0.25) is 4.79 Å². The van der Waals surface area contributed by atoms with Crippen LogP contribution in [0.1, 0.15) is 40.7 Å². The first-order valence-electron chi connectivity index (χ1n) is 6.70. The van der Waals surface area contributed by atoms with Crippen molar-refractivity contribution in [2.75, 3.05) is 13.1 Å². The lowest BCUT2D eigenvalue weighted by molar-refractivity contribution is 0.104. The fourth-order valence-corrected chi connectivity index (χ4v) is 2.42. The first-order chi connectivity index (χ1) is 8.66. The van der Waals surface area contributed by atoms with Gasteiger partial charge in [0.15, 0.2) is 5.78 Å². The van der Waals surface area contributed by atoms with Crippen LogP contribution in [0.5, 0.6) is 0 Å². The number of rotatable bonds is 3. The molecule has 0 atom stereocenters. The highest BCUT2D eigenvalue weighted by molar-refractivity contribution is 6.05. The number of piperidine rings is 1. The van der Waals surface area contributed by atoms with Crippen molar-refractivity contribution in [1.82, 2.24) is 4.90 Å². The third kappa shape index (κ3) is 3.22. The summed E-state index contributed by atoms with van der Waals surface area (Å²) in [5.41, 5.74) is 3.07. The van der Waals surface area contributed by atoms with Crippen molar-refractivity contribution in [3.8, 4) is 0 Å². The summed E-state index contributed by atoms with van der Waals surface area (Å²) in [6.07, 6.45) is 7.46. The Morgan fingerprint density at radius 3 is 2.56 bits per heavy atom. The number of likely N-dealkylation sites (tertiary alicyclic amines) is 1. The average Bonchev–Trinajstić information content (AvgIpc) is 2.37. The highest BCUT2D eigenvalue weighted by Gasteiger charge is 2.08. The molecule has 0 aromatic heterocycles. The van der Waals surface area contributed by atoms with E-state index in [1.165, 1.54) is 24.8 Å². The van der Waals surface area contributed by atoms with Crippen LogP contribution in [0.4, 0.5) is 0 Å². The van der Waals surface area contributed by atoms with Crippen molar-refractivity contribution in [2.24, 2.45) is 0 Å². The molecule has 0 aliphatic carbocycles. The highest BCUT2D eigenvalue weighted by atomic mass is 16.1. The standard InChI is InChI=1S/C16H21NO/c1-13-6-7-15(14(2)12-13)16(18)8-11-17-9-4-3-5-10-17/h6-8,11-12H,3-5,9-10H2,1-2H3/b11-8+. The summed E-state index contributed by atoms with van der Waals surface area (Å²) in [7, 11) is 0. The molecule has 1 aromatic rings. The van der Waals surface area contributed by atoms with Crippen LogP contribution in [0.3, 0.4) is 0 Å².